The average molecular weight is 407 g/mol. The highest BCUT2D eigenvalue weighted by Crippen LogP contribution is 2.24. The van der Waals surface area contributed by atoms with E-state index in [9.17, 15) is 14.3 Å². The van der Waals surface area contributed by atoms with Crippen LogP contribution in [-0.4, -0.2) is 47.0 Å². The Morgan fingerprint density at radius 3 is 2.68 bits per heavy atom. The topological polar surface area (TPSA) is 43.8 Å². The van der Waals surface area contributed by atoms with Crippen LogP contribution in [0.5, 0.6) is 5.75 Å². The quantitative estimate of drug-likeness (QED) is 0.845. The Morgan fingerprint density at radius 1 is 1.12 bits per heavy atom. The number of carbonyl (C=O) groups is 1. The summed E-state index contributed by atoms with van der Waals surface area (Å²) in [5.41, 5.74) is 0.985. The molecule has 132 valence electrons. The first-order valence-electron chi connectivity index (χ1n) is 8.28. The third kappa shape index (κ3) is 4.38. The number of carbonyl (C=O) groups excluding carboxylic acids is 1. The summed E-state index contributed by atoms with van der Waals surface area (Å²) in [6.07, 6.45) is 0.817. The number of aromatic hydroxyl groups is 1. The first-order valence-corrected chi connectivity index (χ1v) is 9.07. The number of phenolic OH excluding ortho intramolecular Hbond substituents is 1. The Bertz CT molecular complexity index is 769. The molecule has 0 radical (unpaired) electrons. The maximum absolute atomic E-state index is 13.8. The summed E-state index contributed by atoms with van der Waals surface area (Å²) in [6, 6.07) is 11.7. The van der Waals surface area contributed by atoms with Crippen molar-refractivity contribution in [2.75, 3.05) is 26.2 Å². The van der Waals surface area contributed by atoms with Crippen LogP contribution in [-0.2, 0) is 6.54 Å². The predicted molar refractivity (Wildman–Crippen MR) is 98.0 cm³/mol. The molecule has 1 N–H and O–H groups in total. The molecule has 6 heteroatoms. The fourth-order valence-electron chi connectivity index (χ4n) is 3.06. The molecule has 1 fully saturated rings. The summed E-state index contributed by atoms with van der Waals surface area (Å²) in [4.78, 5) is 16.6. The van der Waals surface area contributed by atoms with Gasteiger partial charge in [-0.05, 0) is 30.7 Å². The van der Waals surface area contributed by atoms with Crippen molar-refractivity contribution in [2.24, 2.45) is 0 Å². The number of phenols is 1. The molecule has 4 nitrogen and oxygen atoms in total. The van der Waals surface area contributed by atoms with Crippen molar-refractivity contribution in [3.63, 3.8) is 0 Å². The van der Waals surface area contributed by atoms with E-state index in [2.05, 4.69) is 20.8 Å². The molecule has 1 heterocycles. The second kappa shape index (κ2) is 7.97. The van der Waals surface area contributed by atoms with Crippen molar-refractivity contribution in [1.29, 1.82) is 0 Å². The van der Waals surface area contributed by atoms with Gasteiger partial charge in [0.15, 0.2) is 0 Å². The van der Waals surface area contributed by atoms with Gasteiger partial charge in [0, 0.05) is 42.8 Å². The van der Waals surface area contributed by atoms with Gasteiger partial charge in [-0.2, -0.15) is 0 Å². The fourth-order valence-corrected chi connectivity index (χ4v) is 3.40. The summed E-state index contributed by atoms with van der Waals surface area (Å²) < 4.78 is 14.6. The van der Waals surface area contributed by atoms with Crippen LogP contribution in [0.1, 0.15) is 22.3 Å². The molecule has 0 bridgehead atoms. The molecule has 1 amide bonds. The highest BCUT2D eigenvalue weighted by molar-refractivity contribution is 9.10. The number of amides is 1. The third-order valence-corrected chi connectivity index (χ3v) is 4.91. The van der Waals surface area contributed by atoms with Gasteiger partial charge in [-0.15, -0.1) is 0 Å². The first kappa shape index (κ1) is 17.9. The molecule has 0 saturated carbocycles. The van der Waals surface area contributed by atoms with Gasteiger partial charge in [-0.25, -0.2) is 4.39 Å². The molecule has 0 unspecified atom stereocenters. The Labute approximate surface area is 155 Å². The van der Waals surface area contributed by atoms with Gasteiger partial charge < -0.3 is 10.0 Å². The van der Waals surface area contributed by atoms with Crippen LogP contribution in [0, 0.1) is 5.82 Å². The standard InChI is InChI=1S/C19H20BrFN2O2/c20-15-6-7-16(18(24)12-15)19(25)23-9-3-8-22(10-11-23)13-14-4-1-2-5-17(14)21/h1-2,4-7,12,24H,3,8-11,13H2. The van der Waals surface area contributed by atoms with Gasteiger partial charge in [0.25, 0.3) is 5.91 Å². The zero-order chi connectivity index (χ0) is 17.8. The summed E-state index contributed by atoms with van der Waals surface area (Å²) >= 11 is 3.28. The van der Waals surface area contributed by atoms with Crippen LogP contribution in [0.4, 0.5) is 4.39 Å². The highest BCUT2D eigenvalue weighted by atomic mass is 79.9. The molecular weight excluding hydrogens is 387 g/mol. The number of hydrogen-bond acceptors (Lipinski definition) is 3. The van der Waals surface area contributed by atoms with E-state index in [1.54, 1.807) is 29.2 Å². The molecule has 0 aromatic heterocycles. The van der Waals surface area contributed by atoms with E-state index in [4.69, 9.17) is 0 Å². The van der Waals surface area contributed by atoms with Crippen molar-refractivity contribution < 1.29 is 14.3 Å². The third-order valence-electron chi connectivity index (χ3n) is 4.42. The van der Waals surface area contributed by atoms with E-state index in [0.29, 0.717) is 37.3 Å². The molecule has 25 heavy (non-hydrogen) atoms. The van der Waals surface area contributed by atoms with Crippen molar-refractivity contribution in [1.82, 2.24) is 9.80 Å². The van der Waals surface area contributed by atoms with E-state index < -0.39 is 0 Å². The number of rotatable bonds is 3. The van der Waals surface area contributed by atoms with Gasteiger partial charge >= 0.3 is 0 Å². The van der Waals surface area contributed by atoms with Gasteiger partial charge in [-0.1, -0.05) is 34.1 Å². The summed E-state index contributed by atoms with van der Waals surface area (Å²) in [5.74, 6) is -0.385. The lowest BCUT2D eigenvalue weighted by Gasteiger charge is -2.22. The van der Waals surface area contributed by atoms with Crippen molar-refractivity contribution in [3.8, 4) is 5.75 Å². The van der Waals surface area contributed by atoms with Gasteiger partial charge in [0.2, 0.25) is 0 Å². The second-order valence-electron chi connectivity index (χ2n) is 6.17. The molecule has 0 aliphatic carbocycles. The summed E-state index contributed by atoms with van der Waals surface area (Å²) in [7, 11) is 0. The Balaban J connectivity index is 1.65. The molecule has 1 saturated heterocycles. The maximum Gasteiger partial charge on any atom is 0.257 e. The summed E-state index contributed by atoms with van der Waals surface area (Å²) in [6.45, 7) is 3.21. The minimum absolute atomic E-state index is 0.0214. The summed E-state index contributed by atoms with van der Waals surface area (Å²) in [5, 5.41) is 10.0. The lowest BCUT2D eigenvalue weighted by Crippen LogP contribution is -2.35. The maximum atomic E-state index is 13.8. The van der Waals surface area contributed by atoms with Crippen molar-refractivity contribution in [2.45, 2.75) is 13.0 Å². The van der Waals surface area contributed by atoms with E-state index in [0.717, 1.165) is 17.4 Å². The highest BCUT2D eigenvalue weighted by Gasteiger charge is 2.22. The zero-order valence-corrected chi connectivity index (χ0v) is 15.4. The van der Waals surface area contributed by atoms with Crippen LogP contribution < -0.4 is 0 Å². The Hall–Kier alpha value is -1.92. The van der Waals surface area contributed by atoms with E-state index in [1.807, 2.05) is 6.07 Å². The minimum Gasteiger partial charge on any atom is -0.507 e. The SMILES string of the molecule is O=C(c1ccc(Br)cc1O)N1CCCN(Cc2ccccc2F)CC1. The molecule has 2 aromatic rings. The number of nitrogens with zero attached hydrogens (tertiary/aromatic N) is 2. The van der Waals surface area contributed by atoms with Gasteiger partial charge in [-0.3, -0.25) is 9.69 Å². The van der Waals surface area contributed by atoms with Crippen molar-refractivity contribution in [3.05, 3.63) is 63.9 Å². The van der Waals surface area contributed by atoms with Crippen LogP contribution in [0.15, 0.2) is 46.9 Å². The molecule has 3 rings (SSSR count). The van der Waals surface area contributed by atoms with Crippen LogP contribution >= 0.6 is 15.9 Å². The number of hydrogen-bond donors (Lipinski definition) is 1. The lowest BCUT2D eigenvalue weighted by atomic mass is 10.1. The monoisotopic (exact) mass is 406 g/mol. The predicted octanol–water partition coefficient (Wildman–Crippen LogP) is 3.64. The number of halogens is 2. The molecule has 0 atom stereocenters. The Morgan fingerprint density at radius 2 is 1.92 bits per heavy atom. The van der Waals surface area contributed by atoms with E-state index in [-0.39, 0.29) is 17.5 Å². The van der Waals surface area contributed by atoms with E-state index >= 15 is 0 Å². The number of benzene rings is 2. The van der Waals surface area contributed by atoms with Gasteiger partial charge in [0.05, 0.1) is 5.56 Å². The van der Waals surface area contributed by atoms with Crippen molar-refractivity contribution >= 4 is 21.8 Å². The minimum atomic E-state index is -0.195. The second-order valence-corrected chi connectivity index (χ2v) is 7.09. The molecular formula is C19H20BrFN2O2. The van der Waals surface area contributed by atoms with Gasteiger partial charge in [0.1, 0.15) is 11.6 Å². The average Bonchev–Trinajstić information content (AvgIpc) is 2.82. The smallest absolute Gasteiger partial charge is 0.257 e. The van der Waals surface area contributed by atoms with Crippen LogP contribution in [0.3, 0.4) is 0 Å². The Kier molecular flexibility index (Phi) is 5.71. The van der Waals surface area contributed by atoms with Crippen LogP contribution in [0.25, 0.3) is 0 Å². The fraction of sp³-hybridized carbons (Fsp3) is 0.316. The lowest BCUT2D eigenvalue weighted by molar-refractivity contribution is 0.0758. The van der Waals surface area contributed by atoms with Crippen LogP contribution in [0.2, 0.25) is 0 Å². The largest absolute Gasteiger partial charge is 0.507 e. The molecule has 2 aromatic carbocycles. The molecule has 1 aliphatic rings. The first-order chi connectivity index (χ1) is 12.0. The van der Waals surface area contributed by atoms with E-state index in [1.165, 1.54) is 12.1 Å². The molecule has 0 spiro atoms. The zero-order valence-electron chi connectivity index (χ0n) is 13.8. The normalized spacial score (nSPS) is 15.8. The molecule has 1 aliphatic heterocycles.